The highest BCUT2D eigenvalue weighted by Gasteiger charge is 2.39. The standard InChI is InChI=1S/C11H8ClF5O2/c1-5(18)9(12)6-3-2-4-7(19-10(13)14)8(6)11(15,16)17/h2-4,9-10H,1H3. The number of halogens is 6. The Balaban J connectivity index is 3.43. The summed E-state index contributed by atoms with van der Waals surface area (Å²) in [5.74, 6) is -1.80. The Morgan fingerprint density at radius 1 is 1.32 bits per heavy atom. The monoisotopic (exact) mass is 302 g/mol. The van der Waals surface area contributed by atoms with Crippen LogP contribution < -0.4 is 4.74 Å². The van der Waals surface area contributed by atoms with Crippen molar-refractivity contribution in [2.24, 2.45) is 0 Å². The molecule has 0 aromatic heterocycles. The minimum Gasteiger partial charge on any atom is -0.434 e. The zero-order chi connectivity index (χ0) is 14.8. The van der Waals surface area contributed by atoms with Gasteiger partial charge in [-0.05, 0) is 18.6 Å². The van der Waals surface area contributed by atoms with Gasteiger partial charge < -0.3 is 4.74 Å². The van der Waals surface area contributed by atoms with Crippen molar-refractivity contribution in [2.75, 3.05) is 0 Å². The molecule has 1 atom stereocenters. The molecule has 19 heavy (non-hydrogen) atoms. The van der Waals surface area contributed by atoms with Crippen molar-refractivity contribution in [3.05, 3.63) is 29.3 Å². The van der Waals surface area contributed by atoms with Crippen LogP contribution in [0, 0.1) is 0 Å². The lowest BCUT2D eigenvalue weighted by Gasteiger charge is -2.19. The second kappa shape index (κ2) is 5.73. The first kappa shape index (κ1) is 15.7. The number of hydrogen-bond acceptors (Lipinski definition) is 2. The Labute approximate surface area is 110 Å². The van der Waals surface area contributed by atoms with Gasteiger partial charge in [0.05, 0.1) is 0 Å². The van der Waals surface area contributed by atoms with E-state index in [1.807, 2.05) is 0 Å². The third kappa shape index (κ3) is 3.79. The fraction of sp³-hybridized carbons (Fsp3) is 0.364. The van der Waals surface area contributed by atoms with E-state index in [1.54, 1.807) is 0 Å². The molecule has 0 saturated heterocycles. The number of ether oxygens (including phenoxy) is 1. The highest BCUT2D eigenvalue weighted by atomic mass is 35.5. The summed E-state index contributed by atoms with van der Waals surface area (Å²) in [4.78, 5) is 11.1. The van der Waals surface area contributed by atoms with Gasteiger partial charge in [0, 0.05) is 0 Å². The third-order valence-electron chi connectivity index (χ3n) is 2.19. The Morgan fingerprint density at radius 2 is 1.89 bits per heavy atom. The van der Waals surface area contributed by atoms with Crippen LogP contribution in [0.2, 0.25) is 0 Å². The van der Waals surface area contributed by atoms with Crippen molar-refractivity contribution in [3.8, 4) is 5.75 Å². The summed E-state index contributed by atoms with van der Waals surface area (Å²) in [5.41, 5.74) is -2.08. The van der Waals surface area contributed by atoms with Crippen molar-refractivity contribution < 1.29 is 31.5 Å². The van der Waals surface area contributed by atoms with Crippen LogP contribution in [-0.2, 0) is 11.0 Å². The van der Waals surface area contributed by atoms with Crippen molar-refractivity contribution in [1.29, 1.82) is 0 Å². The summed E-state index contributed by atoms with van der Waals surface area (Å²) >= 11 is 5.57. The van der Waals surface area contributed by atoms with Crippen molar-refractivity contribution in [1.82, 2.24) is 0 Å². The van der Waals surface area contributed by atoms with E-state index in [0.29, 0.717) is 0 Å². The van der Waals surface area contributed by atoms with Gasteiger partial charge in [0.2, 0.25) is 0 Å². The quantitative estimate of drug-likeness (QED) is 0.616. The van der Waals surface area contributed by atoms with Crippen molar-refractivity contribution in [2.45, 2.75) is 25.1 Å². The molecule has 8 heteroatoms. The Hall–Kier alpha value is -1.37. The summed E-state index contributed by atoms with van der Waals surface area (Å²) in [7, 11) is 0. The number of alkyl halides is 6. The smallest absolute Gasteiger partial charge is 0.420 e. The molecule has 0 bridgehead atoms. The van der Waals surface area contributed by atoms with Crippen LogP contribution in [0.25, 0.3) is 0 Å². The number of hydrogen-bond donors (Lipinski definition) is 0. The molecule has 0 aliphatic carbocycles. The van der Waals surface area contributed by atoms with Gasteiger partial charge in [0.25, 0.3) is 0 Å². The fourth-order valence-electron chi connectivity index (χ4n) is 1.48. The Kier molecular flexibility index (Phi) is 4.73. The summed E-state index contributed by atoms with van der Waals surface area (Å²) in [6, 6.07) is 2.74. The lowest BCUT2D eigenvalue weighted by atomic mass is 10.0. The van der Waals surface area contributed by atoms with E-state index in [-0.39, 0.29) is 0 Å². The molecule has 0 amide bonds. The molecule has 0 saturated carbocycles. The fourth-order valence-corrected chi connectivity index (χ4v) is 1.66. The van der Waals surface area contributed by atoms with E-state index >= 15 is 0 Å². The molecular weight excluding hydrogens is 295 g/mol. The first-order valence-corrected chi connectivity index (χ1v) is 5.37. The van der Waals surface area contributed by atoms with Gasteiger partial charge in [-0.15, -0.1) is 11.6 Å². The maximum Gasteiger partial charge on any atom is 0.420 e. The minimum absolute atomic E-state index is 0.611. The highest BCUT2D eigenvalue weighted by Crippen LogP contribution is 2.42. The van der Waals surface area contributed by atoms with Crippen LogP contribution in [0.3, 0.4) is 0 Å². The van der Waals surface area contributed by atoms with Crippen LogP contribution in [0.5, 0.6) is 5.75 Å². The largest absolute Gasteiger partial charge is 0.434 e. The van der Waals surface area contributed by atoms with Crippen molar-refractivity contribution >= 4 is 17.4 Å². The number of ketones is 1. The highest BCUT2D eigenvalue weighted by molar-refractivity contribution is 6.31. The maximum atomic E-state index is 12.9. The average molecular weight is 303 g/mol. The van der Waals surface area contributed by atoms with Gasteiger partial charge in [0.15, 0.2) is 5.78 Å². The van der Waals surface area contributed by atoms with Gasteiger partial charge in [-0.25, -0.2) is 0 Å². The molecule has 106 valence electrons. The lowest BCUT2D eigenvalue weighted by Crippen LogP contribution is -2.16. The van der Waals surface area contributed by atoms with Crippen LogP contribution >= 0.6 is 11.6 Å². The Morgan fingerprint density at radius 3 is 2.32 bits per heavy atom. The summed E-state index contributed by atoms with van der Waals surface area (Å²) in [5, 5.41) is -1.59. The molecule has 2 nitrogen and oxygen atoms in total. The molecule has 0 aliphatic rings. The molecule has 0 radical (unpaired) electrons. The number of Topliss-reactive ketones (excluding diaryl/α,β-unsaturated/α-hetero) is 1. The van der Waals surface area contributed by atoms with Gasteiger partial charge in [-0.1, -0.05) is 12.1 Å². The van der Waals surface area contributed by atoms with Gasteiger partial charge in [0.1, 0.15) is 16.7 Å². The normalized spacial score (nSPS) is 13.5. The van der Waals surface area contributed by atoms with E-state index in [0.717, 1.165) is 25.1 Å². The first-order chi connectivity index (χ1) is 8.64. The summed E-state index contributed by atoms with van der Waals surface area (Å²) < 4.78 is 66.7. The van der Waals surface area contributed by atoms with E-state index in [2.05, 4.69) is 4.74 Å². The number of carbonyl (C=O) groups excluding carboxylic acids is 1. The summed E-state index contributed by atoms with van der Waals surface area (Å²) in [6.45, 7) is -2.42. The van der Waals surface area contributed by atoms with Gasteiger partial charge in [-0.3, -0.25) is 4.79 Å². The minimum atomic E-state index is -4.97. The molecule has 0 heterocycles. The second-order valence-electron chi connectivity index (χ2n) is 3.57. The second-order valence-corrected chi connectivity index (χ2v) is 4.01. The van der Waals surface area contributed by atoms with E-state index in [9.17, 15) is 26.7 Å². The predicted molar refractivity (Wildman–Crippen MR) is 57.4 cm³/mol. The van der Waals surface area contributed by atoms with E-state index in [4.69, 9.17) is 11.6 Å². The molecule has 0 spiro atoms. The third-order valence-corrected chi connectivity index (χ3v) is 2.73. The van der Waals surface area contributed by atoms with E-state index < -0.39 is 40.8 Å². The van der Waals surface area contributed by atoms with Gasteiger partial charge >= 0.3 is 12.8 Å². The summed E-state index contributed by atoms with van der Waals surface area (Å²) in [6.07, 6.45) is -4.97. The van der Waals surface area contributed by atoms with Crippen LogP contribution in [0.4, 0.5) is 22.0 Å². The molecule has 1 aromatic rings. The average Bonchev–Trinajstić information content (AvgIpc) is 2.25. The molecule has 0 aliphatic heterocycles. The molecule has 1 aromatic carbocycles. The van der Waals surface area contributed by atoms with Crippen LogP contribution in [0.15, 0.2) is 18.2 Å². The molecule has 1 unspecified atom stereocenters. The number of carbonyl (C=O) groups is 1. The van der Waals surface area contributed by atoms with Gasteiger partial charge in [-0.2, -0.15) is 22.0 Å². The Bertz CT molecular complexity index is 473. The zero-order valence-electron chi connectivity index (χ0n) is 9.47. The number of benzene rings is 1. The molecule has 0 fully saturated rings. The van der Waals surface area contributed by atoms with Crippen molar-refractivity contribution in [3.63, 3.8) is 0 Å². The molecular formula is C11H8ClF5O2. The number of rotatable bonds is 4. The predicted octanol–water partition coefficient (Wildman–Crippen LogP) is 4.18. The topological polar surface area (TPSA) is 26.3 Å². The first-order valence-electron chi connectivity index (χ1n) is 4.94. The lowest BCUT2D eigenvalue weighted by molar-refractivity contribution is -0.142. The van der Waals surface area contributed by atoms with E-state index in [1.165, 1.54) is 0 Å². The molecule has 0 N–H and O–H groups in total. The molecule has 1 rings (SSSR count). The maximum absolute atomic E-state index is 12.9. The van der Waals surface area contributed by atoms with Crippen LogP contribution in [0.1, 0.15) is 23.4 Å². The van der Waals surface area contributed by atoms with Crippen LogP contribution in [-0.4, -0.2) is 12.4 Å². The zero-order valence-corrected chi connectivity index (χ0v) is 10.2. The SMILES string of the molecule is CC(=O)C(Cl)c1cccc(OC(F)F)c1C(F)(F)F.